The summed E-state index contributed by atoms with van der Waals surface area (Å²) in [6, 6.07) is 8.64. The van der Waals surface area contributed by atoms with Crippen LogP contribution in [0.15, 0.2) is 42.5 Å². The fourth-order valence-electron chi connectivity index (χ4n) is 1.97. The van der Waals surface area contributed by atoms with Crippen LogP contribution in [0.2, 0.25) is 0 Å². The average Bonchev–Trinajstić information content (AvgIpc) is 2.36. The monoisotopic (exact) mass is 296 g/mol. The van der Waals surface area contributed by atoms with E-state index < -0.39 is 17.7 Å². The number of aliphatic carboxylic acids is 1. The highest BCUT2D eigenvalue weighted by molar-refractivity contribution is 5.73. The summed E-state index contributed by atoms with van der Waals surface area (Å²) in [5.74, 6) is -1.19. The van der Waals surface area contributed by atoms with Gasteiger partial charge >= 0.3 is 12.1 Å². The van der Waals surface area contributed by atoms with Gasteiger partial charge in [0, 0.05) is 0 Å². The van der Waals surface area contributed by atoms with E-state index in [4.69, 9.17) is 5.11 Å². The molecular formula is C15H11F3O3. The quantitative estimate of drug-likeness (QED) is 0.908. The lowest BCUT2D eigenvalue weighted by atomic mass is 10.00. The molecule has 0 bridgehead atoms. The number of aromatic hydroxyl groups is 1. The van der Waals surface area contributed by atoms with Crippen LogP contribution in [0, 0.1) is 0 Å². The molecule has 2 aromatic rings. The molecule has 0 heterocycles. The number of carbonyl (C=O) groups is 1. The highest BCUT2D eigenvalue weighted by Gasteiger charge is 2.29. The lowest BCUT2D eigenvalue weighted by molar-refractivity contribution is -0.138. The molecule has 3 nitrogen and oxygen atoms in total. The van der Waals surface area contributed by atoms with Crippen LogP contribution in [-0.2, 0) is 17.4 Å². The van der Waals surface area contributed by atoms with Crippen LogP contribution < -0.4 is 0 Å². The Bertz CT molecular complexity index is 661. The zero-order chi connectivity index (χ0) is 15.6. The van der Waals surface area contributed by atoms with Crippen molar-refractivity contribution in [1.82, 2.24) is 0 Å². The fourth-order valence-corrected chi connectivity index (χ4v) is 1.97. The number of phenols is 1. The summed E-state index contributed by atoms with van der Waals surface area (Å²) in [4.78, 5) is 10.7. The number of rotatable bonds is 3. The number of hydrogen-bond donors (Lipinski definition) is 2. The number of phenolic OH excluding ortho intramolecular Hbond substituents is 1. The Morgan fingerprint density at radius 1 is 1.00 bits per heavy atom. The average molecular weight is 296 g/mol. The van der Waals surface area contributed by atoms with Gasteiger partial charge in [-0.3, -0.25) is 4.79 Å². The van der Waals surface area contributed by atoms with Crippen molar-refractivity contribution in [3.8, 4) is 16.9 Å². The molecule has 0 radical (unpaired) electrons. The first-order valence-electron chi connectivity index (χ1n) is 5.98. The van der Waals surface area contributed by atoms with Crippen LogP contribution in [0.25, 0.3) is 11.1 Å². The molecule has 0 unspecified atom stereocenters. The third-order valence-corrected chi connectivity index (χ3v) is 2.88. The second-order valence-electron chi connectivity index (χ2n) is 4.53. The van der Waals surface area contributed by atoms with Crippen molar-refractivity contribution in [2.24, 2.45) is 0 Å². The van der Waals surface area contributed by atoms with E-state index in [0.717, 1.165) is 12.1 Å². The standard InChI is InChI=1S/C15H11F3O3/c16-15(17,18)12-3-1-10(2-4-12)11-5-9(7-14(20)21)6-13(19)8-11/h1-6,8,19H,7H2,(H,20,21). The van der Waals surface area contributed by atoms with Crippen LogP contribution in [0.5, 0.6) is 5.75 Å². The number of benzene rings is 2. The van der Waals surface area contributed by atoms with E-state index in [2.05, 4.69) is 0 Å². The lowest BCUT2D eigenvalue weighted by Gasteiger charge is -2.09. The van der Waals surface area contributed by atoms with Gasteiger partial charge in [-0.2, -0.15) is 13.2 Å². The van der Waals surface area contributed by atoms with Gasteiger partial charge in [-0.1, -0.05) is 18.2 Å². The molecule has 2 rings (SSSR count). The van der Waals surface area contributed by atoms with Gasteiger partial charge in [-0.25, -0.2) is 0 Å². The second kappa shape index (κ2) is 5.47. The minimum atomic E-state index is -4.41. The molecule has 0 saturated carbocycles. The van der Waals surface area contributed by atoms with Crippen LogP contribution in [0.3, 0.4) is 0 Å². The smallest absolute Gasteiger partial charge is 0.416 e. The molecule has 0 aliphatic heterocycles. The zero-order valence-corrected chi connectivity index (χ0v) is 10.7. The van der Waals surface area contributed by atoms with E-state index >= 15 is 0 Å². The minimum Gasteiger partial charge on any atom is -0.508 e. The van der Waals surface area contributed by atoms with E-state index in [9.17, 15) is 23.1 Å². The van der Waals surface area contributed by atoms with Gasteiger partial charge in [-0.05, 0) is 41.0 Å². The van der Waals surface area contributed by atoms with Crippen molar-refractivity contribution in [1.29, 1.82) is 0 Å². The molecule has 2 aromatic carbocycles. The molecule has 110 valence electrons. The molecule has 0 spiro atoms. The third kappa shape index (κ3) is 3.75. The predicted octanol–water partition coefficient (Wildman–Crippen LogP) is 3.71. The van der Waals surface area contributed by atoms with Gasteiger partial charge in [0.2, 0.25) is 0 Å². The predicted molar refractivity (Wildman–Crippen MR) is 69.9 cm³/mol. The number of alkyl halides is 3. The Hall–Kier alpha value is -2.50. The third-order valence-electron chi connectivity index (χ3n) is 2.88. The van der Waals surface area contributed by atoms with Crippen molar-refractivity contribution < 1.29 is 28.2 Å². The number of halogens is 3. The Morgan fingerprint density at radius 3 is 2.14 bits per heavy atom. The first-order valence-corrected chi connectivity index (χ1v) is 5.98. The summed E-state index contributed by atoms with van der Waals surface area (Å²) < 4.78 is 37.5. The summed E-state index contributed by atoms with van der Waals surface area (Å²) in [7, 11) is 0. The van der Waals surface area contributed by atoms with Gasteiger partial charge in [0.15, 0.2) is 0 Å². The molecule has 21 heavy (non-hydrogen) atoms. The Balaban J connectivity index is 2.37. The first-order chi connectivity index (χ1) is 9.75. The Kier molecular flexibility index (Phi) is 3.88. The summed E-state index contributed by atoms with van der Waals surface area (Å²) in [6.07, 6.45) is -4.69. The Labute approximate surface area is 118 Å². The van der Waals surface area contributed by atoms with E-state index in [0.29, 0.717) is 16.7 Å². The molecule has 0 aliphatic rings. The molecule has 0 aromatic heterocycles. The van der Waals surface area contributed by atoms with E-state index in [1.165, 1.54) is 30.3 Å². The van der Waals surface area contributed by atoms with E-state index in [1.807, 2.05) is 0 Å². The van der Waals surface area contributed by atoms with Gasteiger partial charge in [0.05, 0.1) is 12.0 Å². The van der Waals surface area contributed by atoms with Crippen molar-refractivity contribution in [2.45, 2.75) is 12.6 Å². The van der Waals surface area contributed by atoms with E-state index in [-0.39, 0.29) is 12.2 Å². The molecule has 6 heteroatoms. The molecule has 2 N–H and O–H groups in total. The second-order valence-corrected chi connectivity index (χ2v) is 4.53. The largest absolute Gasteiger partial charge is 0.508 e. The lowest BCUT2D eigenvalue weighted by Crippen LogP contribution is -2.04. The highest BCUT2D eigenvalue weighted by atomic mass is 19.4. The first kappa shape index (κ1) is 14.9. The summed E-state index contributed by atoms with van der Waals surface area (Å²) in [5.41, 5.74) is 0.528. The maximum absolute atomic E-state index is 12.5. The normalized spacial score (nSPS) is 11.4. The molecule has 0 aliphatic carbocycles. The maximum Gasteiger partial charge on any atom is 0.416 e. The fraction of sp³-hybridized carbons (Fsp3) is 0.133. The number of carboxylic acids is 1. The molecule has 0 fully saturated rings. The molecule has 0 atom stereocenters. The van der Waals surface area contributed by atoms with Gasteiger partial charge < -0.3 is 10.2 Å². The highest BCUT2D eigenvalue weighted by Crippen LogP contribution is 2.32. The number of carboxylic acid groups (broad SMARTS) is 1. The van der Waals surface area contributed by atoms with Crippen LogP contribution in [0.4, 0.5) is 13.2 Å². The minimum absolute atomic E-state index is 0.136. The summed E-state index contributed by atoms with van der Waals surface area (Å²) in [5, 5.41) is 18.3. The van der Waals surface area contributed by atoms with Gasteiger partial charge in [0.25, 0.3) is 0 Å². The van der Waals surface area contributed by atoms with Crippen molar-refractivity contribution in [3.63, 3.8) is 0 Å². The van der Waals surface area contributed by atoms with Crippen LogP contribution in [0.1, 0.15) is 11.1 Å². The van der Waals surface area contributed by atoms with Crippen molar-refractivity contribution in [3.05, 3.63) is 53.6 Å². The van der Waals surface area contributed by atoms with E-state index in [1.54, 1.807) is 0 Å². The molecular weight excluding hydrogens is 285 g/mol. The van der Waals surface area contributed by atoms with Gasteiger partial charge in [0.1, 0.15) is 5.75 Å². The summed E-state index contributed by atoms with van der Waals surface area (Å²) in [6.45, 7) is 0. The van der Waals surface area contributed by atoms with Crippen molar-refractivity contribution >= 4 is 5.97 Å². The molecule has 0 saturated heterocycles. The van der Waals surface area contributed by atoms with Crippen LogP contribution >= 0.6 is 0 Å². The Morgan fingerprint density at radius 2 is 1.62 bits per heavy atom. The topological polar surface area (TPSA) is 57.5 Å². The molecule has 0 amide bonds. The SMILES string of the molecule is O=C(O)Cc1cc(O)cc(-c2ccc(C(F)(F)F)cc2)c1. The maximum atomic E-state index is 12.5. The van der Waals surface area contributed by atoms with Crippen LogP contribution in [-0.4, -0.2) is 16.2 Å². The summed E-state index contributed by atoms with van der Waals surface area (Å²) >= 11 is 0. The zero-order valence-electron chi connectivity index (χ0n) is 10.7. The number of hydrogen-bond acceptors (Lipinski definition) is 2. The van der Waals surface area contributed by atoms with Crippen molar-refractivity contribution in [2.75, 3.05) is 0 Å². The van der Waals surface area contributed by atoms with Gasteiger partial charge in [-0.15, -0.1) is 0 Å².